The second-order valence-electron chi connectivity index (χ2n) is 5.59. The number of anilines is 1. The van der Waals surface area contributed by atoms with Crippen LogP contribution in [0.3, 0.4) is 0 Å². The Morgan fingerprint density at radius 2 is 2.32 bits per heavy atom. The van der Waals surface area contributed by atoms with Crippen LogP contribution in [0.4, 0.5) is 5.82 Å². The smallest absolute Gasteiger partial charge is 0.130 e. The Bertz CT molecular complexity index is 391. The molecule has 1 fully saturated rings. The van der Waals surface area contributed by atoms with Gasteiger partial charge in [0, 0.05) is 23.8 Å². The number of hydrogen-bond donors (Lipinski definition) is 1. The van der Waals surface area contributed by atoms with Gasteiger partial charge in [-0.2, -0.15) is 0 Å². The minimum atomic E-state index is 0.481. The maximum absolute atomic E-state index is 4.57. The van der Waals surface area contributed by atoms with Gasteiger partial charge >= 0.3 is 0 Å². The summed E-state index contributed by atoms with van der Waals surface area (Å²) in [7, 11) is 0. The van der Waals surface area contributed by atoms with E-state index >= 15 is 0 Å². The van der Waals surface area contributed by atoms with Gasteiger partial charge in [0.1, 0.15) is 5.82 Å². The molecular formula is C16H27N3. The molecule has 0 bridgehead atoms. The van der Waals surface area contributed by atoms with Gasteiger partial charge in [-0.3, -0.25) is 4.90 Å². The van der Waals surface area contributed by atoms with Crippen molar-refractivity contribution in [3.8, 4) is 0 Å². The van der Waals surface area contributed by atoms with Gasteiger partial charge in [0.15, 0.2) is 0 Å². The van der Waals surface area contributed by atoms with Gasteiger partial charge in [-0.05, 0) is 51.8 Å². The standard InChI is InChI=1S/C16H27N3/c1-4-11-19-12-7-9-15(19)14-8-6-10-17-16(14)18-13(3)5-2/h6,8,10,13,15H,4-5,7,9,11-12H2,1-3H3,(H,17,18)/t13-,15+/m1/s1. The van der Waals surface area contributed by atoms with E-state index in [0.717, 1.165) is 12.2 Å². The number of pyridine rings is 1. The molecule has 1 aromatic rings. The number of likely N-dealkylation sites (tertiary alicyclic amines) is 1. The van der Waals surface area contributed by atoms with E-state index in [1.165, 1.54) is 37.9 Å². The van der Waals surface area contributed by atoms with Gasteiger partial charge in [0.2, 0.25) is 0 Å². The van der Waals surface area contributed by atoms with Crippen molar-refractivity contribution in [2.75, 3.05) is 18.4 Å². The molecule has 0 spiro atoms. The molecule has 1 aliphatic heterocycles. The van der Waals surface area contributed by atoms with Crippen molar-refractivity contribution in [3.05, 3.63) is 23.9 Å². The molecule has 2 rings (SSSR count). The quantitative estimate of drug-likeness (QED) is 0.843. The van der Waals surface area contributed by atoms with Gasteiger partial charge in [-0.25, -0.2) is 4.98 Å². The molecule has 0 unspecified atom stereocenters. The lowest BCUT2D eigenvalue weighted by Crippen LogP contribution is -2.26. The van der Waals surface area contributed by atoms with E-state index in [9.17, 15) is 0 Å². The van der Waals surface area contributed by atoms with Gasteiger partial charge in [-0.15, -0.1) is 0 Å². The molecular weight excluding hydrogens is 234 g/mol. The molecule has 1 aliphatic rings. The van der Waals surface area contributed by atoms with Gasteiger partial charge in [0.25, 0.3) is 0 Å². The van der Waals surface area contributed by atoms with Crippen LogP contribution in [0.2, 0.25) is 0 Å². The van der Waals surface area contributed by atoms with Crippen molar-refractivity contribution in [2.45, 2.75) is 58.5 Å². The lowest BCUT2D eigenvalue weighted by atomic mass is 10.0. The maximum atomic E-state index is 4.57. The summed E-state index contributed by atoms with van der Waals surface area (Å²) in [5, 5.41) is 3.56. The normalized spacial score (nSPS) is 21.5. The molecule has 0 saturated carbocycles. The Balaban J connectivity index is 2.18. The maximum Gasteiger partial charge on any atom is 0.130 e. The molecule has 19 heavy (non-hydrogen) atoms. The summed E-state index contributed by atoms with van der Waals surface area (Å²) >= 11 is 0. The summed E-state index contributed by atoms with van der Waals surface area (Å²) in [5.41, 5.74) is 1.38. The monoisotopic (exact) mass is 261 g/mol. The molecule has 1 N–H and O–H groups in total. The number of aromatic nitrogens is 1. The molecule has 0 radical (unpaired) electrons. The molecule has 1 aromatic heterocycles. The van der Waals surface area contributed by atoms with Crippen molar-refractivity contribution in [1.29, 1.82) is 0 Å². The largest absolute Gasteiger partial charge is 0.367 e. The fourth-order valence-corrected chi connectivity index (χ4v) is 2.88. The first kappa shape index (κ1) is 14.3. The average molecular weight is 261 g/mol. The molecule has 0 aromatic carbocycles. The first-order valence-corrected chi connectivity index (χ1v) is 7.71. The van der Waals surface area contributed by atoms with Crippen LogP contribution in [0, 0.1) is 0 Å². The van der Waals surface area contributed by atoms with E-state index in [0.29, 0.717) is 12.1 Å². The summed E-state index contributed by atoms with van der Waals surface area (Å²) in [5.74, 6) is 1.09. The first-order valence-electron chi connectivity index (χ1n) is 7.71. The lowest BCUT2D eigenvalue weighted by molar-refractivity contribution is 0.258. The zero-order valence-corrected chi connectivity index (χ0v) is 12.5. The molecule has 3 heteroatoms. The fraction of sp³-hybridized carbons (Fsp3) is 0.688. The predicted octanol–water partition coefficient (Wildman–Crippen LogP) is 3.84. The Morgan fingerprint density at radius 3 is 3.05 bits per heavy atom. The van der Waals surface area contributed by atoms with Crippen LogP contribution >= 0.6 is 0 Å². The number of hydrogen-bond acceptors (Lipinski definition) is 3. The highest BCUT2D eigenvalue weighted by Crippen LogP contribution is 2.35. The molecule has 2 atom stereocenters. The zero-order chi connectivity index (χ0) is 13.7. The second-order valence-corrected chi connectivity index (χ2v) is 5.59. The fourth-order valence-electron chi connectivity index (χ4n) is 2.88. The summed E-state index contributed by atoms with van der Waals surface area (Å²) < 4.78 is 0. The molecule has 106 valence electrons. The number of rotatable bonds is 6. The van der Waals surface area contributed by atoms with E-state index in [1.807, 2.05) is 6.20 Å². The molecule has 1 saturated heterocycles. The topological polar surface area (TPSA) is 28.2 Å². The Morgan fingerprint density at radius 1 is 1.47 bits per heavy atom. The average Bonchev–Trinajstić information content (AvgIpc) is 2.88. The predicted molar refractivity (Wildman–Crippen MR) is 81.5 cm³/mol. The van der Waals surface area contributed by atoms with E-state index in [4.69, 9.17) is 0 Å². The third kappa shape index (κ3) is 3.47. The third-order valence-electron chi connectivity index (χ3n) is 4.07. The molecule has 2 heterocycles. The molecule has 3 nitrogen and oxygen atoms in total. The number of nitrogens with zero attached hydrogens (tertiary/aromatic N) is 2. The van der Waals surface area contributed by atoms with E-state index < -0.39 is 0 Å². The van der Waals surface area contributed by atoms with Crippen LogP contribution in [0.15, 0.2) is 18.3 Å². The minimum Gasteiger partial charge on any atom is -0.367 e. The van der Waals surface area contributed by atoms with Crippen molar-refractivity contribution in [3.63, 3.8) is 0 Å². The van der Waals surface area contributed by atoms with Crippen molar-refractivity contribution >= 4 is 5.82 Å². The highest BCUT2D eigenvalue weighted by atomic mass is 15.2. The third-order valence-corrected chi connectivity index (χ3v) is 4.07. The summed E-state index contributed by atoms with van der Waals surface area (Å²) in [6.45, 7) is 9.12. The van der Waals surface area contributed by atoms with Crippen molar-refractivity contribution < 1.29 is 0 Å². The van der Waals surface area contributed by atoms with E-state index in [1.54, 1.807) is 0 Å². The van der Waals surface area contributed by atoms with Crippen LogP contribution in [-0.4, -0.2) is 29.0 Å². The van der Waals surface area contributed by atoms with Crippen LogP contribution in [0.25, 0.3) is 0 Å². The second kappa shape index (κ2) is 6.90. The Hall–Kier alpha value is -1.09. The van der Waals surface area contributed by atoms with Crippen molar-refractivity contribution in [2.24, 2.45) is 0 Å². The highest BCUT2D eigenvalue weighted by Gasteiger charge is 2.27. The molecule has 0 aliphatic carbocycles. The molecule has 0 amide bonds. The summed E-state index contributed by atoms with van der Waals surface area (Å²) in [6.07, 6.45) is 6.82. The first-order chi connectivity index (χ1) is 9.26. The summed E-state index contributed by atoms with van der Waals surface area (Å²) in [4.78, 5) is 7.18. The van der Waals surface area contributed by atoms with Crippen LogP contribution in [0.1, 0.15) is 58.1 Å². The lowest BCUT2D eigenvalue weighted by Gasteiger charge is -2.26. The minimum absolute atomic E-state index is 0.481. The van der Waals surface area contributed by atoms with E-state index in [2.05, 4.69) is 48.1 Å². The van der Waals surface area contributed by atoms with Crippen LogP contribution in [-0.2, 0) is 0 Å². The zero-order valence-electron chi connectivity index (χ0n) is 12.5. The highest BCUT2D eigenvalue weighted by molar-refractivity contribution is 5.46. The van der Waals surface area contributed by atoms with Crippen LogP contribution < -0.4 is 5.32 Å². The van der Waals surface area contributed by atoms with E-state index in [-0.39, 0.29) is 0 Å². The Kier molecular flexibility index (Phi) is 5.20. The Labute approximate surface area is 117 Å². The number of nitrogens with one attached hydrogen (secondary N) is 1. The van der Waals surface area contributed by atoms with Crippen molar-refractivity contribution in [1.82, 2.24) is 9.88 Å². The van der Waals surface area contributed by atoms with Gasteiger partial charge in [-0.1, -0.05) is 19.9 Å². The SMILES string of the molecule is CCCN1CCC[C@H]1c1cccnc1N[C@H](C)CC. The van der Waals surface area contributed by atoms with Crippen LogP contribution in [0.5, 0.6) is 0 Å². The summed E-state index contributed by atoms with van der Waals surface area (Å²) in [6, 6.07) is 5.35. The van der Waals surface area contributed by atoms with Gasteiger partial charge < -0.3 is 5.32 Å². The van der Waals surface area contributed by atoms with Gasteiger partial charge in [0.05, 0.1) is 0 Å².